The topological polar surface area (TPSA) is 46.2 Å². The van der Waals surface area contributed by atoms with Crippen molar-refractivity contribution >= 4 is 17.3 Å². The molecule has 0 bridgehead atoms. The van der Waals surface area contributed by atoms with Crippen LogP contribution in [0.15, 0.2) is 35.4 Å². The summed E-state index contributed by atoms with van der Waals surface area (Å²) in [5.74, 6) is 0.0822. The first-order valence-corrected chi connectivity index (χ1v) is 8.29. The van der Waals surface area contributed by atoms with Gasteiger partial charge in [-0.05, 0) is 54.5 Å². The summed E-state index contributed by atoms with van der Waals surface area (Å²) >= 11 is 0. The zero-order valence-corrected chi connectivity index (χ0v) is 14.8. The molecule has 0 fully saturated rings. The number of rotatable bonds is 3. The molecule has 0 saturated heterocycles. The highest BCUT2D eigenvalue weighted by atomic mass is 16.1. The van der Waals surface area contributed by atoms with Gasteiger partial charge in [0.1, 0.15) is 0 Å². The molecule has 1 unspecified atom stereocenters. The molecule has 0 heterocycles. The highest BCUT2D eigenvalue weighted by Crippen LogP contribution is 2.25. The second kappa shape index (κ2) is 6.69. The molecular weight excluding hydrogens is 286 g/mol. The van der Waals surface area contributed by atoms with Crippen LogP contribution in [0.3, 0.4) is 0 Å². The van der Waals surface area contributed by atoms with Crippen molar-refractivity contribution in [2.45, 2.75) is 52.9 Å². The van der Waals surface area contributed by atoms with E-state index < -0.39 is 0 Å². The van der Waals surface area contributed by atoms with E-state index in [2.05, 4.69) is 50.4 Å². The van der Waals surface area contributed by atoms with Crippen LogP contribution in [0.5, 0.6) is 0 Å². The molecule has 23 heavy (non-hydrogen) atoms. The lowest BCUT2D eigenvalue weighted by atomic mass is 9.87. The Kier molecular flexibility index (Phi) is 5.08. The molecule has 0 spiro atoms. The summed E-state index contributed by atoms with van der Waals surface area (Å²) < 4.78 is 0. The number of allylic oxidation sites excluding steroid dienone is 2. The third-order valence-electron chi connectivity index (χ3n) is 4.74. The third kappa shape index (κ3) is 4.10. The lowest BCUT2D eigenvalue weighted by molar-refractivity contribution is -0.118. The summed E-state index contributed by atoms with van der Waals surface area (Å²) in [6.45, 7) is 10.7. The highest BCUT2D eigenvalue weighted by Gasteiger charge is 2.27. The molecule has 1 aromatic rings. The largest absolute Gasteiger partial charge is 0.384 e. The smallest absolute Gasteiger partial charge is 0.163 e. The van der Waals surface area contributed by atoms with Crippen molar-refractivity contribution in [2.75, 3.05) is 11.9 Å². The van der Waals surface area contributed by atoms with Gasteiger partial charge in [0.2, 0.25) is 0 Å². The second-order valence-electron chi connectivity index (χ2n) is 7.48. The first kappa shape index (κ1) is 17.5. The maximum atomic E-state index is 12.5. The van der Waals surface area contributed by atoms with Gasteiger partial charge in [-0.1, -0.05) is 32.9 Å². The monoisotopic (exact) mass is 313 g/mol. The Morgan fingerprint density at radius 1 is 1.04 bits per heavy atom. The number of hydrogen-bond acceptors (Lipinski definition) is 3. The lowest BCUT2D eigenvalue weighted by Gasteiger charge is -2.20. The Morgan fingerprint density at radius 3 is 2.22 bits per heavy atom. The third-order valence-corrected chi connectivity index (χ3v) is 4.74. The molecule has 0 aromatic heterocycles. The first-order valence-electron chi connectivity index (χ1n) is 8.29. The molecular formula is C20H27NO2. The number of carbonyl (C=O) groups is 2. The Bertz CT molecular complexity index is 633. The number of ketones is 2. The predicted octanol–water partition coefficient (Wildman–Crippen LogP) is 4.28. The van der Waals surface area contributed by atoms with Gasteiger partial charge in [0, 0.05) is 24.6 Å². The van der Waals surface area contributed by atoms with Gasteiger partial charge in [-0.2, -0.15) is 0 Å². The van der Waals surface area contributed by atoms with Crippen molar-refractivity contribution in [3.05, 3.63) is 41.0 Å². The van der Waals surface area contributed by atoms with Gasteiger partial charge in [-0.15, -0.1) is 0 Å². The Morgan fingerprint density at radius 2 is 1.65 bits per heavy atom. The fourth-order valence-electron chi connectivity index (χ4n) is 2.85. The summed E-state index contributed by atoms with van der Waals surface area (Å²) in [5, 5.41) is 3.35. The number of Topliss-reactive ketones (excluding diaryl/α,β-unsaturated/α-hetero) is 2. The molecule has 1 aromatic carbocycles. The molecule has 1 atom stereocenters. The van der Waals surface area contributed by atoms with Gasteiger partial charge >= 0.3 is 0 Å². The average Bonchev–Trinajstić information content (AvgIpc) is 2.59. The summed E-state index contributed by atoms with van der Waals surface area (Å²) in [5.41, 5.74) is 3.69. The van der Waals surface area contributed by atoms with Crippen LogP contribution >= 0.6 is 0 Å². The van der Waals surface area contributed by atoms with Gasteiger partial charge in [-0.3, -0.25) is 9.59 Å². The van der Waals surface area contributed by atoms with E-state index in [0.717, 1.165) is 5.69 Å². The van der Waals surface area contributed by atoms with E-state index >= 15 is 0 Å². The summed E-state index contributed by atoms with van der Waals surface area (Å²) in [6.07, 6.45) is 1.09. The van der Waals surface area contributed by atoms with Crippen LogP contribution in [-0.2, 0) is 15.0 Å². The zero-order valence-electron chi connectivity index (χ0n) is 14.8. The number of nitrogens with one attached hydrogen (secondary N) is 1. The highest BCUT2D eigenvalue weighted by molar-refractivity contribution is 6.08. The number of anilines is 1. The van der Waals surface area contributed by atoms with Crippen LogP contribution < -0.4 is 5.32 Å². The van der Waals surface area contributed by atoms with E-state index in [0.29, 0.717) is 30.5 Å². The Hall–Kier alpha value is -1.90. The predicted molar refractivity (Wildman–Crippen MR) is 94.7 cm³/mol. The maximum Gasteiger partial charge on any atom is 0.163 e. The van der Waals surface area contributed by atoms with Crippen molar-refractivity contribution in [1.82, 2.24) is 0 Å². The standard InChI is InChI=1S/C20H27NO2/c1-13-14(2)19(23)15(6-11-18(13)22)12-21-17-9-7-16(8-10-17)20(3,4)5/h7-10,15,21H,6,11-12H2,1-5H3. The van der Waals surface area contributed by atoms with Crippen molar-refractivity contribution in [2.24, 2.45) is 5.92 Å². The molecule has 3 nitrogen and oxygen atoms in total. The van der Waals surface area contributed by atoms with E-state index in [1.807, 2.05) is 0 Å². The number of carbonyl (C=O) groups excluding carboxylic acids is 2. The van der Waals surface area contributed by atoms with Crippen molar-refractivity contribution in [1.29, 1.82) is 0 Å². The van der Waals surface area contributed by atoms with Gasteiger partial charge in [0.05, 0.1) is 0 Å². The minimum Gasteiger partial charge on any atom is -0.384 e. The average molecular weight is 313 g/mol. The van der Waals surface area contributed by atoms with E-state index in [1.54, 1.807) is 13.8 Å². The quantitative estimate of drug-likeness (QED) is 0.906. The van der Waals surface area contributed by atoms with Crippen molar-refractivity contribution < 1.29 is 9.59 Å². The molecule has 1 N–H and O–H groups in total. The van der Waals surface area contributed by atoms with Crippen LogP contribution in [0.4, 0.5) is 5.69 Å². The van der Waals surface area contributed by atoms with Crippen LogP contribution in [0, 0.1) is 5.92 Å². The molecule has 1 aliphatic carbocycles. The SMILES string of the molecule is CC1=C(C)C(=O)C(CNc2ccc(C(C)(C)C)cc2)CCC1=O. The summed E-state index contributed by atoms with van der Waals surface area (Å²) in [6, 6.07) is 8.36. The molecule has 2 rings (SSSR count). The van der Waals surface area contributed by atoms with Gasteiger partial charge < -0.3 is 5.32 Å². The molecule has 0 radical (unpaired) electrons. The molecule has 0 amide bonds. The molecule has 0 aliphatic heterocycles. The van der Waals surface area contributed by atoms with Crippen molar-refractivity contribution in [3.8, 4) is 0 Å². The fraction of sp³-hybridized carbons (Fsp3) is 0.500. The van der Waals surface area contributed by atoms with E-state index in [4.69, 9.17) is 0 Å². The van der Waals surface area contributed by atoms with Gasteiger partial charge in [0.15, 0.2) is 11.6 Å². The summed E-state index contributed by atoms with van der Waals surface area (Å²) in [7, 11) is 0. The van der Waals surface area contributed by atoms with Gasteiger partial charge in [0.25, 0.3) is 0 Å². The van der Waals surface area contributed by atoms with Crippen LogP contribution in [0.1, 0.15) is 53.0 Å². The van der Waals surface area contributed by atoms with E-state index in [1.165, 1.54) is 5.56 Å². The maximum absolute atomic E-state index is 12.5. The van der Waals surface area contributed by atoms with Crippen LogP contribution in [0.2, 0.25) is 0 Å². The molecule has 0 saturated carbocycles. The lowest BCUT2D eigenvalue weighted by Crippen LogP contribution is -2.23. The van der Waals surface area contributed by atoms with Crippen LogP contribution in [0.25, 0.3) is 0 Å². The number of hydrogen-bond donors (Lipinski definition) is 1. The first-order chi connectivity index (χ1) is 10.7. The van der Waals surface area contributed by atoms with Crippen LogP contribution in [-0.4, -0.2) is 18.1 Å². The number of benzene rings is 1. The summed E-state index contributed by atoms with van der Waals surface area (Å²) in [4.78, 5) is 24.3. The minimum atomic E-state index is -0.126. The molecule has 3 heteroatoms. The Balaban J connectivity index is 2.03. The Labute approximate surface area is 139 Å². The van der Waals surface area contributed by atoms with E-state index in [-0.39, 0.29) is 22.9 Å². The molecule has 1 aliphatic rings. The van der Waals surface area contributed by atoms with E-state index in [9.17, 15) is 9.59 Å². The second-order valence-corrected chi connectivity index (χ2v) is 7.48. The molecule has 124 valence electrons. The van der Waals surface area contributed by atoms with Gasteiger partial charge in [-0.25, -0.2) is 0 Å². The fourth-order valence-corrected chi connectivity index (χ4v) is 2.85. The van der Waals surface area contributed by atoms with Crippen molar-refractivity contribution in [3.63, 3.8) is 0 Å². The minimum absolute atomic E-state index is 0.104. The zero-order chi connectivity index (χ0) is 17.2. The normalized spacial score (nSPS) is 19.8.